The summed E-state index contributed by atoms with van der Waals surface area (Å²) < 4.78 is 0. The van der Waals surface area contributed by atoms with Gasteiger partial charge in [0.15, 0.2) is 0 Å². The molecular formula is C18H19NS. The highest BCUT2D eigenvalue weighted by Gasteiger charge is 2.26. The molecule has 102 valence electrons. The van der Waals surface area contributed by atoms with E-state index in [4.69, 9.17) is 4.99 Å². The summed E-state index contributed by atoms with van der Waals surface area (Å²) >= 11 is 0. The third kappa shape index (κ3) is 2.14. The van der Waals surface area contributed by atoms with Gasteiger partial charge in [0, 0.05) is 20.8 Å². The molecule has 1 aliphatic rings. The van der Waals surface area contributed by atoms with E-state index in [9.17, 15) is 0 Å². The van der Waals surface area contributed by atoms with Crippen molar-refractivity contribution in [3.63, 3.8) is 0 Å². The SMILES string of the molecule is C=S1c2ccccc2N=C(C(C)(C)C)c2ccccc21. The van der Waals surface area contributed by atoms with E-state index >= 15 is 0 Å². The van der Waals surface area contributed by atoms with Crippen LogP contribution in [0.15, 0.2) is 63.3 Å². The topological polar surface area (TPSA) is 12.4 Å². The van der Waals surface area contributed by atoms with Crippen LogP contribution in [0.25, 0.3) is 0 Å². The van der Waals surface area contributed by atoms with Gasteiger partial charge in [-0.3, -0.25) is 4.99 Å². The van der Waals surface area contributed by atoms with Crippen LogP contribution in [0.3, 0.4) is 0 Å². The first-order valence-corrected chi connectivity index (χ1v) is 8.19. The fourth-order valence-electron chi connectivity index (χ4n) is 2.51. The van der Waals surface area contributed by atoms with E-state index in [0.29, 0.717) is 0 Å². The molecule has 0 fully saturated rings. The summed E-state index contributed by atoms with van der Waals surface area (Å²) in [4.78, 5) is 7.52. The van der Waals surface area contributed by atoms with Crippen molar-refractivity contribution in [1.82, 2.24) is 0 Å². The standard InChI is InChI=1S/C18H19NS/c1-18(2,3)17-13-9-5-7-11-15(13)20(4)16-12-8-6-10-14(16)19-17/h5-12H,4H2,1-3H3. The molecule has 1 atom stereocenters. The maximum atomic E-state index is 4.99. The van der Waals surface area contributed by atoms with Crippen molar-refractivity contribution in [3.05, 3.63) is 54.1 Å². The average Bonchev–Trinajstić information content (AvgIpc) is 2.55. The van der Waals surface area contributed by atoms with Gasteiger partial charge in [0.25, 0.3) is 0 Å². The molecule has 0 radical (unpaired) electrons. The van der Waals surface area contributed by atoms with Gasteiger partial charge in [0.05, 0.1) is 11.4 Å². The van der Waals surface area contributed by atoms with Crippen LogP contribution >= 0.6 is 10.5 Å². The maximum absolute atomic E-state index is 4.99. The first-order valence-electron chi connectivity index (χ1n) is 6.80. The Balaban J connectivity index is 2.38. The van der Waals surface area contributed by atoms with Crippen LogP contribution in [0.1, 0.15) is 26.3 Å². The Morgan fingerprint density at radius 2 is 1.50 bits per heavy atom. The van der Waals surface area contributed by atoms with Crippen molar-refractivity contribution in [2.24, 2.45) is 10.4 Å². The predicted molar refractivity (Wildman–Crippen MR) is 89.8 cm³/mol. The second kappa shape index (κ2) is 4.71. The van der Waals surface area contributed by atoms with Crippen molar-refractivity contribution in [2.45, 2.75) is 30.6 Å². The molecule has 2 aromatic carbocycles. The van der Waals surface area contributed by atoms with Gasteiger partial charge in [0.2, 0.25) is 0 Å². The lowest BCUT2D eigenvalue weighted by atomic mass is 9.85. The lowest BCUT2D eigenvalue weighted by Crippen LogP contribution is -2.21. The Bertz CT molecular complexity index is 720. The van der Waals surface area contributed by atoms with Gasteiger partial charge >= 0.3 is 0 Å². The number of nitrogens with zero attached hydrogens (tertiary/aromatic N) is 1. The van der Waals surface area contributed by atoms with Gasteiger partial charge in [-0.15, -0.1) is 10.5 Å². The molecule has 1 heterocycles. The van der Waals surface area contributed by atoms with Crippen LogP contribution < -0.4 is 0 Å². The fourth-order valence-corrected chi connectivity index (χ4v) is 4.02. The molecule has 0 N–H and O–H groups in total. The fraction of sp³-hybridized carbons (Fsp3) is 0.222. The summed E-state index contributed by atoms with van der Waals surface area (Å²) in [5, 5.41) is 0. The maximum Gasteiger partial charge on any atom is 0.0767 e. The van der Waals surface area contributed by atoms with Gasteiger partial charge in [0.1, 0.15) is 0 Å². The number of rotatable bonds is 0. The second-order valence-corrected chi connectivity index (χ2v) is 7.73. The third-order valence-electron chi connectivity index (χ3n) is 3.48. The van der Waals surface area contributed by atoms with E-state index in [1.165, 1.54) is 15.4 Å². The molecule has 20 heavy (non-hydrogen) atoms. The molecule has 0 spiro atoms. The van der Waals surface area contributed by atoms with Gasteiger partial charge in [-0.05, 0) is 18.2 Å². The predicted octanol–water partition coefficient (Wildman–Crippen LogP) is 5.29. The van der Waals surface area contributed by atoms with Crippen LogP contribution in [-0.4, -0.2) is 11.6 Å². The zero-order valence-electron chi connectivity index (χ0n) is 12.2. The van der Waals surface area contributed by atoms with Crippen LogP contribution in [0, 0.1) is 5.41 Å². The number of benzene rings is 2. The summed E-state index contributed by atoms with van der Waals surface area (Å²) in [6.07, 6.45) is 0. The quantitative estimate of drug-likeness (QED) is 0.582. The molecule has 0 amide bonds. The number of para-hydroxylation sites is 1. The monoisotopic (exact) mass is 281 g/mol. The van der Waals surface area contributed by atoms with Gasteiger partial charge in [-0.1, -0.05) is 57.0 Å². The van der Waals surface area contributed by atoms with Gasteiger partial charge in [-0.25, -0.2) is 0 Å². The summed E-state index contributed by atoms with van der Waals surface area (Å²) in [6, 6.07) is 16.9. The van der Waals surface area contributed by atoms with Crippen LogP contribution in [0.4, 0.5) is 5.69 Å². The van der Waals surface area contributed by atoms with Crippen LogP contribution in [0.2, 0.25) is 0 Å². The minimum atomic E-state index is -0.178. The van der Waals surface area contributed by atoms with Crippen molar-refractivity contribution in [3.8, 4) is 0 Å². The summed E-state index contributed by atoms with van der Waals surface area (Å²) in [5.74, 6) is 4.41. The molecule has 3 rings (SSSR count). The Hall–Kier alpha value is -1.67. The molecule has 2 aromatic rings. The molecule has 0 saturated carbocycles. The Morgan fingerprint density at radius 1 is 0.900 bits per heavy atom. The second-order valence-electron chi connectivity index (χ2n) is 6.07. The minimum Gasteiger partial charge on any atom is -0.251 e. The lowest BCUT2D eigenvalue weighted by molar-refractivity contribution is 0.591. The van der Waals surface area contributed by atoms with Crippen molar-refractivity contribution in [1.29, 1.82) is 0 Å². The smallest absolute Gasteiger partial charge is 0.0767 e. The van der Waals surface area contributed by atoms with E-state index in [1.54, 1.807) is 0 Å². The van der Waals surface area contributed by atoms with Gasteiger partial charge < -0.3 is 0 Å². The molecule has 0 saturated heterocycles. The third-order valence-corrected chi connectivity index (χ3v) is 5.24. The molecule has 2 heteroatoms. The number of fused-ring (bicyclic) bond motifs is 2. The Labute approximate surface area is 123 Å². The Morgan fingerprint density at radius 3 is 2.20 bits per heavy atom. The largest absolute Gasteiger partial charge is 0.251 e. The highest BCUT2D eigenvalue weighted by molar-refractivity contribution is 8.14. The van der Waals surface area contributed by atoms with Crippen molar-refractivity contribution >= 4 is 27.8 Å². The van der Waals surface area contributed by atoms with E-state index in [-0.39, 0.29) is 15.9 Å². The molecular weight excluding hydrogens is 262 g/mol. The van der Waals surface area contributed by atoms with E-state index < -0.39 is 0 Å². The van der Waals surface area contributed by atoms with Crippen LogP contribution in [-0.2, 0) is 0 Å². The summed E-state index contributed by atoms with van der Waals surface area (Å²) in [7, 11) is -0.178. The van der Waals surface area contributed by atoms with E-state index in [2.05, 4.69) is 75.2 Å². The highest BCUT2D eigenvalue weighted by atomic mass is 32.2. The van der Waals surface area contributed by atoms with Gasteiger partial charge in [-0.2, -0.15) is 0 Å². The molecule has 0 bridgehead atoms. The number of hydrogen-bond donors (Lipinski definition) is 0. The van der Waals surface area contributed by atoms with E-state index in [1.807, 2.05) is 0 Å². The first kappa shape index (κ1) is 13.3. The molecule has 1 aliphatic heterocycles. The summed E-state index contributed by atoms with van der Waals surface area (Å²) in [6.45, 7) is 6.66. The van der Waals surface area contributed by atoms with Crippen molar-refractivity contribution < 1.29 is 0 Å². The number of hydrogen-bond acceptors (Lipinski definition) is 1. The zero-order valence-corrected chi connectivity index (χ0v) is 13.0. The van der Waals surface area contributed by atoms with Crippen LogP contribution in [0.5, 0.6) is 0 Å². The zero-order chi connectivity index (χ0) is 14.3. The molecule has 1 nitrogen and oxygen atoms in total. The minimum absolute atomic E-state index is 0.0117. The first-order chi connectivity index (χ1) is 9.48. The normalized spacial score (nSPS) is 17.8. The lowest BCUT2D eigenvalue weighted by Gasteiger charge is -2.22. The number of aliphatic imine (C=N–C) groups is 1. The van der Waals surface area contributed by atoms with E-state index in [0.717, 1.165) is 11.4 Å². The molecule has 1 unspecified atom stereocenters. The van der Waals surface area contributed by atoms with Crippen molar-refractivity contribution in [2.75, 3.05) is 0 Å². The average molecular weight is 281 g/mol. The summed E-state index contributed by atoms with van der Waals surface area (Å²) in [5.41, 5.74) is 3.47. The molecule has 0 aromatic heterocycles. The highest BCUT2D eigenvalue weighted by Crippen LogP contribution is 2.46. The molecule has 0 aliphatic carbocycles. The Kier molecular flexibility index (Phi) is 3.14.